The molecule has 3 N–H and O–H groups in total. The standard InChI is InChI=1S/C9H19NO3/c1-4-7(9(12)13)10-8(5-11)6(2)3/h6-8,10-11H,4-5H2,1-3H3,(H,12,13). The Labute approximate surface area is 79.0 Å². The van der Waals surface area contributed by atoms with Crippen LogP contribution in [0.15, 0.2) is 0 Å². The zero-order valence-electron chi connectivity index (χ0n) is 8.45. The summed E-state index contributed by atoms with van der Waals surface area (Å²) in [6, 6.07) is -0.694. The summed E-state index contributed by atoms with van der Waals surface area (Å²) in [5.74, 6) is -0.625. The number of hydrogen-bond donors (Lipinski definition) is 3. The summed E-state index contributed by atoms with van der Waals surface area (Å²) in [5.41, 5.74) is 0. The number of rotatable bonds is 6. The van der Waals surface area contributed by atoms with Crippen LogP contribution in [0.2, 0.25) is 0 Å². The van der Waals surface area contributed by atoms with E-state index in [1.54, 1.807) is 6.92 Å². The molecule has 0 aliphatic carbocycles. The Morgan fingerprint density at radius 1 is 1.46 bits per heavy atom. The second kappa shape index (κ2) is 5.94. The normalized spacial score (nSPS) is 15.8. The SMILES string of the molecule is CCC(NC(CO)C(C)C)C(=O)O. The second-order valence-electron chi connectivity index (χ2n) is 3.50. The molecule has 4 nitrogen and oxygen atoms in total. The number of nitrogens with one attached hydrogen (secondary N) is 1. The summed E-state index contributed by atoms with van der Waals surface area (Å²) in [5, 5.41) is 20.6. The zero-order valence-corrected chi connectivity index (χ0v) is 8.45. The highest BCUT2D eigenvalue weighted by atomic mass is 16.4. The first-order valence-corrected chi connectivity index (χ1v) is 4.62. The van der Waals surface area contributed by atoms with Gasteiger partial charge in [0.15, 0.2) is 0 Å². The maximum Gasteiger partial charge on any atom is 0.320 e. The molecule has 0 aromatic heterocycles. The number of carbonyl (C=O) groups is 1. The van der Waals surface area contributed by atoms with E-state index in [2.05, 4.69) is 5.32 Å². The lowest BCUT2D eigenvalue weighted by Gasteiger charge is -2.23. The van der Waals surface area contributed by atoms with E-state index in [4.69, 9.17) is 10.2 Å². The molecule has 0 aliphatic rings. The largest absolute Gasteiger partial charge is 0.480 e. The molecule has 13 heavy (non-hydrogen) atoms. The molecule has 0 bridgehead atoms. The Hall–Kier alpha value is -0.610. The van der Waals surface area contributed by atoms with Crippen molar-refractivity contribution < 1.29 is 15.0 Å². The van der Waals surface area contributed by atoms with E-state index in [1.165, 1.54) is 0 Å². The van der Waals surface area contributed by atoms with Gasteiger partial charge in [-0.3, -0.25) is 10.1 Å². The van der Waals surface area contributed by atoms with Gasteiger partial charge in [-0.1, -0.05) is 20.8 Å². The molecule has 2 atom stereocenters. The summed E-state index contributed by atoms with van der Waals surface area (Å²) in [6.45, 7) is 5.67. The minimum atomic E-state index is -0.860. The highest BCUT2D eigenvalue weighted by molar-refractivity contribution is 5.73. The Kier molecular flexibility index (Phi) is 5.66. The molecule has 0 fully saturated rings. The van der Waals surface area contributed by atoms with E-state index in [-0.39, 0.29) is 18.6 Å². The summed E-state index contributed by atoms with van der Waals surface area (Å²) in [7, 11) is 0. The van der Waals surface area contributed by atoms with Crippen LogP contribution in [-0.2, 0) is 4.79 Å². The predicted molar refractivity (Wildman–Crippen MR) is 50.6 cm³/mol. The molecule has 0 rings (SSSR count). The summed E-state index contributed by atoms with van der Waals surface area (Å²) < 4.78 is 0. The minimum absolute atomic E-state index is 0.0263. The first-order chi connectivity index (χ1) is 6.02. The van der Waals surface area contributed by atoms with Crippen molar-refractivity contribution in [2.75, 3.05) is 6.61 Å². The summed E-state index contributed by atoms with van der Waals surface area (Å²) in [6.07, 6.45) is 0.526. The van der Waals surface area contributed by atoms with Crippen molar-refractivity contribution >= 4 is 5.97 Å². The molecular weight excluding hydrogens is 170 g/mol. The van der Waals surface area contributed by atoms with Crippen molar-refractivity contribution in [3.63, 3.8) is 0 Å². The topological polar surface area (TPSA) is 69.6 Å². The maximum atomic E-state index is 10.7. The maximum absolute atomic E-state index is 10.7. The Bertz CT molecular complexity index is 159. The lowest BCUT2D eigenvalue weighted by atomic mass is 10.0. The molecule has 0 aromatic carbocycles. The summed E-state index contributed by atoms with van der Waals surface area (Å²) in [4.78, 5) is 10.7. The van der Waals surface area contributed by atoms with E-state index >= 15 is 0 Å². The van der Waals surface area contributed by atoms with Gasteiger partial charge in [-0.2, -0.15) is 0 Å². The number of carboxylic acids is 1. The van der Waals surface area contributed by atoms with Crippen LogP contribution in [-0.4, -0.2) is 34.9 Å². The van der Waals surface area contributed by atoms with E-state index in [9.17, 15) is 4.79 Å². The lowest BCUT2D eigenvalue weighted by Crippen LogP contribution is -2.47. The first kappa shape index (κ1) is 12.4. The molecule has 0 aliphatic heterocycles. The van der Waals surface area contributed by atoms with Gasteiger partial charge >= 0.3 is 5.97 Å². The van der Waals surface area contributed by atoms with Gasteiger partial charge in [-0.05, 0) is 12.3 Å². The van der Waals surface area contributed by atoms with Crippen molar-refractivity contribution in [2.45, 2.75) is 39.3 Å². The van der Waals surface area contributed by atoms with E-state index in [0.29, 0.717) is 6.42 Å². The quantitative estimate of drug-likeness (QED) is 0.567. The van der Waals surface area contributed by atoms with Gasteiger partial charge < -0.3 is 10.2 Å². The van der Waals surface area contributed by atoms with Crippen LogP contribution in [0.25, 0.3) is 0 Å². The number of carboxylic acid groups (broad SMARTS) is 1. The van der Waals surface area contributed by atoms with Gasteiger partial charge in [0.2, 0.25) is 0 Å². The number of hydrogen-bond acceptors (Lipinski definition) is 3. The molecular formula is C9H19NO3. The van der Waals surface area contributed by atoms with Gasteiger partial charge in [0, 0.05) is 6.04 Å². The zero-order chi connectivity index (χ0) is 10.4. The molecule has 2 unspecified atom stereocenters. The molecule has 78 valence electrons. The van der Waals surface area contributed by atoms with E-state index < -0.39 is 12.0 Å². The van der Waals surface area contributed by atoms with Crippen LogP contribution < -0.4 is 5.32 Å². The Morgan fingerprint density at radius 2 is 2.00 bits per heavy atom. The fourth-order valence-corrected chi connectivity index (χ4v) is 1.08. The van der Waals surface area contributed by atoms with Gasteiger partial charge in [-0.25, -0.2) is 0 Å². The third-order valence-corrected chi connectivity index (χ3v) is 2.12. The van der Waals surface area contributed by atoms with Crippen LogP contribution in [0.4, 0.5) is 0 Å². The van der Waals surface area contributed by atoms with Crippen LogP contribution >= 0.6 is 0 Å². The molecule has 0 saturated heterocycles. The highest BCUT2D eigenvalue weighted by Gasteiger charge is 2.20. The Balaban J connectivity index is 4.11. The van der Waals surface area contributed by atoms with Gasteiger partial charge in [0.25, 0.3) is 0 Å². The lowest BCUT2D eigenvalue weighted by molar-refractivity contribution is -0.139. The molecule has 0 spiro atoms. The molecule has 0 aromatic rings. The van der Waals surface area contributed by atoms with E-state index in [0.717, 1.165) is 0 Å². The van der Waals surface area contributed by atoms with Crippen LogP contribution in [0.5, 0.6) is 0 Å². The average molecular weight is 189 g/mol. The van der Waals surface area contributed by atoms with Crippen molar-refractivity contribution in [1.82, 2.24) is 5.32 Å². The van der Waals surface area contributed by atoms with Gasteiger partial charge in [0.05, 0.1) is 6.61 Å². The number of aliphatic hydroxyl groups is 1. The molecule has 0 heterocycles. The van der Waals surface area contributed by atoms with Gasteiger partial charge in [-0.15, -0.1) is 0 Å². The third kappa shape index (κ3) is 4.24. The fraction of sp³-hybridized carbons (Fsp3) is 0.889. The monoisotopic (exact) mass is 189 g/mol. The molecule has 4 heteroatoms. The van der Waals surface area contributed by atoms with Crippen molar-refractivity contribution in [2.24, 2.45) is 5.92 Å². The minimum Gasteiger partial charge on any atom is -0.480 e. The molecule has 0 saturated carbocycles. The van der Waals surface area contributed by atoms with Crippen molar-refractivity contribution in [3.05, 3.63) is 0 Å². The molecule has 0 radical (unpaired) electrons. The fourth-order valence-electron chi connectivity index (χ4n) is 1.08. The Morgan fingerprint density at radius 3 is 2.23 bits per heavy atom. The highest BCUT2D eigenvalue weighted by Crippen LogP contribution is 2.03. The molecule has 0 amide bonds. The van der Waals surface area contributed by atoms with E-state index in [1.807, 2.05) is 13.8 Å². The summed E-state index contributed by atoms with van der Waals surface area (Å²) >= 11 is 0. The smallest absolute Gasteiger partial charge is 0.320 e. The average Bonchev–Trinajstić information content (AvgIpc) is 2.05. The van der Waals surface area contributed by atoms with Crippen molar-refractivity contribution in [1.29, 1.82) is 0 Å². The van der Waals surface area contributed by atoms with Gasteiger partial charge in [0.1, 0.15) is 6.04 Å². The van der Waals surface area contributed by atoms with Crippen molar-refractivity contribution in [3.8, 4) is 0 Å². The van der Waals surface area contributed by atoms with Crippen LogP contribution in [0.1, 0.15) is 27.2 Å². The van der Waals surface area contributed by atoms with Crippen LogP contribution in [0.3, 0.4) is 0 Å². The van der Waals surface area contributed by atoms with Crippen LogP contribution in [0, 0.1) is 5.92 Å². The third-order valence-electron chi connectivity index (χ3n) is 2.12. The number of aliphatic carboxylic acids is 1. The number of aliphatic hydroxyl groups excluding tert-OH is 1. The predicted octanol–water partition coefficient (Wildman–Crippen LogP) is 0.456. The first-order valence-electron chi connectivity index (χ1n) is 4.62. The second-order valence-corrected chi connectivity index (χ2v) is 3.50.